The number of hydrogen-bond donors (Lipinski definition) is 2. The van der Waals surface area contributed by atoms with Crippen molar-refractivity contribution in [2.75, 3.05) is 10.6 Å². The lowest BCUT2D eigenvalue weighted by molar-refractivity contribution is 0.868. The molecule has 19 heavy (non-hydrogen) atoms. The molecule has 0 spiro atoms. The van der Waals surface area contributed by atoms with Crippen LogP contribution in [0.5, 0.6) is 0 Å². The summed E-state index contributed by atoms with van der Waals surface area (Å²) in [4.78, 5) is 12.3. The van der Waals surface area contributed by atoms with Gasteiger partial charge in [-0.1, -0.05) is 23.2 Å². The van der Waals surface area contributed by atoms with Gasteiger partial charge in [-0.2, -0.15) is 4.98 Å². The van der Waals surface area contributed by atoms with E-state index in [2.05, 4.69) is 25.6 Å². The highest BCUT2D eigenvalue weighted by molar-refractivity contribution is 6.36. The number of aromatic nitrogens is 3. The van der Waals surface area contributed by atoms with Gasteiger partial charge < -0.3 is 10.6 Å². The first-order chi connectivity index (χ1) is 9.04. The van der Waals surface area contributed by atoms with Crippen molar-refractivity contribution in [2.45, 2.75) is 19.9 Å². The summed E-state index contributed by atoms with van der Waals surface area (Å²) in [5, 5.41) is 7.20. The van der Waals surface area contributed by atoms with Crippen LogP contribution in [0.2, 0.25) is 10.0 Å². The van der Waals surface area contributed by atoms with Gasteiger partial charge in [0, 0.05) is 11.1 Å². The number of benzene rings is 1. The SMILES string of the molecule is CC(C)Nc1ncnc(Nc2ccc(Cl)cc2Cl)n1. The monoisotopic (exact) mass is 297 g/mol. The minimum Gasteiger partial charge on any atom is -0.352 e. The van der Waals surface area contributed by atoms with Crippen LogP contribution in [0, 0.1) is 0 Å². The Morgan fingerprint density at radius 1 is 1.11 bits per heavy atom. The van der Waals surface area contributed by atoms with Crippen LogP contribution in [-0.4, -0.2) is 21.0 Å². The maximum Gasteiger partial charge on any atom is 0.232 e. The number of rotatable bonds is 4. The molecule has 0 radical (unpaired) electrons. The Labute approximate surface area is 121 Å². The second kappa shape index (κ2) is 6.04. The second-order valence-corrected chi connectivity index (χ2v) is 5.02. The van der Waals surface area contributed by atoms with Crippen LogP contribution in [0.3, 0.4) is 0 Å². The first-order valence-corrected chi connectivity index (χ1v) is 6.48. The molecule has 0 fully saturated rings. The summed E-state index contributed by atoms with van der Waals surface area (Å²) in [5.74, 6) is 0.931. The van der Waals surface area contributed by atoms with E-state index in [1.807, 2.05) is 13.8 Å². The van der Waals surface area contributed by atoms with Gasteiger partial charge in [0.25, 0.3) is 0 Å². The van der Waals surface area contributed by atoms with E-state index in [9.17, 15) is 0 Å². The maximum absolute atomic E-state index is 6.07. The predicted molar refractivity (Wildman–Crippen MR) is 78.3 cm³/mol. The highest BCUT2D eigenvalue weighted by atomic mass is 35.5. The van der Waals surface area contributed by atoms with Gasteiger partial charge in [0.15, 0.2) is 0 Å². The third-order valence-electron chi connectivity index (χ3n) is 2.17. The Bertz CT molecular complexity index is 574. The van der Waals surface area contributed by atoms with E-state index in [-0.39, 0.29) is 6.04 Å². The van der Waals surface area contributed by atoms with Gasteiger partial charge in [-0.05, 0) is 32.0 Å². The Balaban J connectivity index is 2.18. The van der Waals surface area contributed by atoms with Gasteiger partial charge in [0.2, 0.25) is 11.9 Å². The number of halogens is 2. The molecule has 2 N–H and O–H groups in total. The molecule has 0 aliphatic rings. The highest BCUT2D eigenvalue weighted by Crippen LogP contribution is 2.27. The molecule has 1 heterocycles. The third kappa shape index (κ3) is 3.94. The largest absolute Gasteiger partial charge is 0.352 e. The first kappa shape index (κ1) is 13.8. The first-order valence-electron chi connectivity index (χ1n) is 5.72. The van der Waals surface area contributed by atoms with Crippen LogP contribution in [0.1, 0.15) is 13.8 Å². The lowest BCUT2D eigenvalue weighted by Crippen LogP contribution is -2.13. The van der Waals surface area contributed by atoms with Crippen molar-refractivity contribution in [3.8, 4) is 0 Å². The molecule has 0 aliphatic carbocycles. The van der Waals surface area contributed by atoms with E-state index in [1.165, 1.54) is 6.33 Å². The summed E-state index contributed by atoms with van der Waals surface area (Å²) >= 11 is 11.9. The standard InChI is InChI=1S/C12H13Cl2N5/c1-7(2)17-11-15-6-16-12(19-11)18-10-4-3-8(13)5-9(10)14/h3-7H,1-2H3,(H2,15,16,17,18,19). The Hall–Kier alpha value is -1.59. The van der Waals surface area contributed by atoms with Gasteiger partial charge in [-0.3, -0.25) is 0 Å². The zero-order chi connectivity index (χ0) is 13.8. The molecule has 2 aromatic rings. The average Bonchev–Trinajstić information content (AvgIpc) is 2.32. The maximum atomic E-state index is 6.07. The van der Waals surface area contributed by atoms with Crippen LogP contribution < -0.4 is 10.6 Å². The van der Waals surface area contributed by atoms with E-state index < -0.39 is 0 Å². The van der Waals surface area contributed by atoms with Crippen LogP contribution in [0.25, 0.3) is 0 Å². The van der Waals surface area contributed by atoms with Crippen LogP contribution >= 0.6 is 23.2 Å². The molecule has 1 aromatic carbocycles. The molecule has 0 unspecified atom stereocenters. The van der Waals surface area contributed by atoms with Crippen LogP contribution in [0.4, 0.5) is 17.6 Å². The van der Waals surface area contributed by atoms with E-state index in [1.54, 1.807) is 18.2 Å². The number of anilines is 3. The third-order valence-corrected chi connectivity index (χ3v) is 2.72. The summed E-state index contributed by atoms with van der Waals surface area (Å²) in [5.41, 5.74) is 0.688. The fourth-order valence-electron chi connectivity index (χ4n) is 1.40. The van der Waals surface area contributed by atoms with Crippen molar-refractivity contribution >= 4 is 40.8 Å². The predicted octanol–water partition coefficient (Wildman–Crippen LogP) is 3.74. The van der Waals surface area contributed by atoms with Gasteiger partial charge in [-0.25, -0.2) is 9.97 Å². The van der Waals surface area contributed by atoms with Gasteiger partial charge in [0.05, 0.1) is 10.7 Å². The zero-order valence-electron chi connectivity index (χ0n) is 10.5. The molecular formula is C12H13Cl2N5. The van der Waals surface area contributed by atoms with Crippen LogP contribution in [-0.2, 0) is 0 Å². The molecule has 0 saturated heterocycles. The van der Waals surface area contributed by atoms with Gasteiger partial charge >= 0.3 is 0 Å². The highest BCUT2D eigenvalue weighted by Gasteiger charge is 2.05. The van der Waals surface area contributed by atoms with E-state index in [0.29, 0.717) is 27.6 Å². The number of nitrogens with zero attached hydrogens (tertiary/aromatic N) is 3. The van der Waals surface area contributed by atoms with Crippen molar-refractivity contribution in [3.63, 3.8) is 0 Å². The van der Waals surface area contributed by atoms with Crippen molar-refractivity contribution in [3.05, 3.63) is 34.6 Å². The summed E-state index contributed by atoms with van der Waals surface area (Å²) < 4.78 is 0. The second-order valence-electron chi connectivity index (χ2n) is 4.18. The van der Waals surface area contributed by atoms with Crippen molar-refractivity contribution in [2.24, 2.45) is 0 Å². The molecule has 0 aliphatic heterocycles. The summed E-state index contributed by atoms with van der Waals surface area (Å²) in [7, 11) is 0. The smallest absolute Gasteiger partial charge is 0.232 e. The number of nitrogens with one attached hydrogen (secondary N) is 2. The Kier molecular flexibility index (Phi) is 4.39. The quantitative estimate of drug-likeness (QED) is 0.900. The van der Waals surface area contributed by atoms with E-state index in [0.717, 1.165) is 0 Å². The molecule has 0 amide bonds. The minimum absolute atomic E-state index is 0.245. The average molecular weight is 298 g/mol. The topological polar surface area (TPSA) is 62.7 Å². The van der Waals surface area contributed by atoms with Crippen LogP contribution in [0.15, 0.2) is 24.5 Å². The van der Waals surface area contributed by atoms with Crippen molar-refractivity contribution in [1.82, 2.24) is 15.0 Å². The molecule has 7 heteroatoms. The molecule has 0 saturated carbocycles. The zero-order valence-corrected chi connectivity index (χ0v) is 12.0. The van der Waals surface area contributed by atoms with Gasteiger partial charge in [0.1, 0.15) is 6.33 Å². The molecule has 100 valence electrons. The lowest BCUT2D eigenvalue weighted by Gasteiger charge is -2.10. The van der Waals surface area contributed by atoms with E-state index in [4.69, 9.17) is 23.2 Å². The summed E-state index contributed by atoms with van der Waals surface area (Å²) in [6, 6.07) is 5.41. The molecular weight excluding hydrogens is 285 g/mol. The Morgan fingerprint density at radius 2 is 1.84 bits per heavy atom. The molecule has 1 aromatic heterocycles. The van der Waals surface area contributed by atoms with Gasteiger partial charge in [-0.15, -0.1) is 0 Å². The fourth-order valence-corrected chi connectivity index (χ4v) is 1.85. The lowest BCUT2D eigenvalue weighted by atomic mass is 10.3. The normalized spacial score (nSPS) is 10.6. The molecule has 2 rings (SSSR count). The fraction of sp³-hybridized carbons (Fsp3) is 0.250. The summed E-state index contributed by atoms with van der Waals surface area (Å²) in [6.45, 7) is 4.01. The minimum atomic E-state index is 0.245. The number of hydrogen-bond acceptors (Lipinski definition) is 5. The molecule has 0 bridgehead atoms. The Morgan fingerprint density at radius 3 is 2.53 bits per heavy atom. The molecule has 5 nitrogen and oxygen atoms in total. The van der Waals surface area contributed by atoms with E-state index >= 15 is 0 Å². The van der Waals surface area contributed by atoms with Crippen molar-refractivity contribution in [1.29, 1.82) is 0 Å². The summed E-state index contributed by atoms with van der Waals surface area (Å²) in [6.07, 6.45) is 1.43. The molecule has 0 atom stereocenters. The van der Waals surface area contributed by atoms with Crippen molar-refractivity contribution < 1.29 is 0 Å².